The molecule has 0 saturated carbocycles. The van der Waals surface area contributed by atoms with Crippen molar-refractivity contribution in [2.75, 3.05) is 12.4 Å². The van der Waals surface area contributed by atoms with E-state index in [0.717, 1.165) is 0 Å². The Bertz CT molecular complexity index is 855. The van der Waals surface area contributed by atoms with Crippen LogP contribution < -0.4 is 10.1 Å². The van der Waals surface area contributed by atoms with Crippen LogP contribution in [0.25, 0.3) is 10.9 Å². The van der Waals surface area contributed by atoms with E-state index in [-0.39, 0.29) is 11.4 Å². The Hall–Kier alpha value is -2.53. The van der Waals surface area contributed by atoms with Crippen LogP contribution in [0.2, 0.25) is 5.02 Å². The third-order valence-electron chi connectivity index (χ3n) is 3.24. The van der Waals surface area contributed by atoms with Gasteiger partial charge in [0.25, 0.3) is 0 Å². The minimum absolute atomic E-state index is 0.0115. The number of aromatic hydroxyl groups is 1. The lowest BCUT2D eigenvalue weighted by Crippen LogP contribution is -1.96. The quantitative estimate of drug-likeness (QED) is 0.747. The molecule has 0 aliphatic heterocycles. The first-order chi connectivity index (χ1) is 10.6. The molecule has 0 unspecified atom stereocenters. The van der Waals surface area contributed by atoms with Crippen LogP contribution in [-0.2, 0) is 0 Å². The maximum absolute atomic E-state index is 13.9. The number of phenols is 1. The molecular weight excluding hydrogens is 307 g/mol. The normalized spacial score (nSPS) is 10.7. The summed E-state index contributed by atoms with van der Waals surface area (Å²) >= 11 is 5.74. The molecule has 3 aromatic rings. The number of aromatic nitrogens is 1. The second-order valence-electron chi connectivity index (χ2n) is 4.65. The van der Waals surface area contributed by atoms with Gasteiger partial charge in [0.05, 0.1) is 18.3 Å². The highest BCUT2D eigenvalue weighted by molar-refractivity contribution is 6.30. The second-order valence-corrected chi connectivity index (χ2v) is 5.09. The lowest BCUT2D eigenvalue weighted by atomic mass is 10.1. The van der Waals surface area contributed by atoms with Gasteiger partial charge in [-0.15, -0.1) is 0 Å². The topological polar surface area (TPSA) is 54.4 Å². The van der Waals surface area contributed by atoms with Gasteiger partial charge in [0.15, 0.2) is 11.5 Å². The van der Waals surface area contributed by atoms with E-state index in [4.69, 9.17) is 16.3 Å². The molecule has 2 N–H and O–H groups in total. The second kappa shape index (κ2) is 5.69. The Morgan fingerprint density at radius 2 is 2.00 bits per heavy atom. The number of anilines is 2. The van der Waals surface area contributed by atoms with Gasteiger partial charge in [-0.1, -0.05) is 11.6 Å². The van der Waals surface area contributed by atoms with Crippen LogP contribution in [0.1, 0.15) is 0 Å². The van der Waals surface area contributed by atoms with Crippen molar-refractivity contribution in [2.45, 2.75) is 0 Å². The van der Waals surface area contributed by atoms with Crippen molar-refractivity contribution in [1.82, 2.24) is 4.98 Å². The largest absolute Gasteiger partial charge is 0.504 e. The summed E-state index contributed by atoms with van der Waals surface area (Å²) in [5, 5.41) is 13.9. The standard InChI is InChI=1S/C16H12ClFN2O2/c1-22-16-8-14-10(7-15(16)21)12(4-5-19-14)20-13-3-2-9(17)6-11(13)18/h2-8,21H,1H3,(H,19,20). The summed E-state index contributed by atoms with van der Waals surface area (Å²) in [4.78, 5) is 4.22. The number of pyridine rings is 1. The van der Waals surface area contributed by atoms with Crippen molar-refractivity contribution >= 4 is 33.9 Å². The number of rotatable bonds is 3. The van der Waals surface area contributed by atoms with Crippen molar-refractivity contribution < 1.29 is 14.2 Å². The molecule has 0 aliphatic rings. The molecule has 0 atom stereocenters. The van der Waals surface area contributed by atoms with E-state index in [1.165, 1.54) is 19.2 Å². The number of benzene rings is 2. The van der Waals surface area contributed by atoms with Gasteiger partial charge >= 0.3 is 0 Å². The fourth-order valence-corrected chi connectivity index (χ4v) is 2.33. The molecule has 1 aromatic heterocycles. The van der Waals surface area contributed by atoms with Crippen LogP contribution in [0.15, 0.2) is 42.6 Å². The molecule has 0 aliphatic carbocycles. The average molecular weight is 319 g/mol. The lowest BCUT2D eigenvalue weighted by Gasteiger charge is -2.12. The fraction of sp³-hybridized carbons (Fsp3) is 0.0625. The van der Waals surface area contributed by atoms with Gasteiger partial charge in [-0.2, -0.15) is 0 Å². The third kappa shape index (κ3) is 2.63. The van der Waals surface area contributed by atoms with Gasteiger partial charge in [-0.3, -0.25) is 4.98 Å². The third-order valence-corrected chi connectivity index (χ3v) is 3.48. The number of hydrogen-bond donors (Lipinski definition) is 2. The zero-order valence-corrected chi connectivity index (χ0v) is 12.4. The number of halogens is 2. The molecule has 1 heterocycles. The lowest BCUT2D eigenvalue weighted by molar-refractivity contribution is 0.374. The van der Waals surface area contributed by atoms with Gasteiger partial charge in [0.2, 0.25) is 0 Å². The monoisotopic (exact) mass is 318 g/mol. The molecule has 22 heavy (non-hydrogen) atoms. The van der Waals surface area contributed by atoms with E-state index in [1.807, 2.05) is 0 Å². The van der Waals surface area contributed by atoms with Crippen LogP contribution >= 0.6 is 11.6 Å². The molecule has 6 heteroatoms. The summed E-state index contributed by atoms with van der Waals surface area (Å²) in [5.74, 6) is -0.146. The first kappa shape index (κ1) is 14.4. The summed E-state index contributed by atoms with van der Waals surface area (Å²) in [7, 11) is 1.46. The predicted octanol–water partition coefficient (Wildman–Crippen LogP) is 4.49. The van der Waals surface area contributed by atoms with Gasteiger partial charge in [0.1, 0.15) is 5.82 Å². The molecule has 0 spiro atoms. The van der Waals surface area contributed by atoms with Gasteiger partial charge in [-0.05, 0) is 30.3 Å². The molecule has 3 rings (SSSR count). The Morgan fingerprint density at radius 3 is 2.73 bits per heavy atom. The Kier molecular flexibility index (Phi) is 3.73. The zero-order valence-electron chi connectivity index (χ0n) is 11.6. The molecule has 0 fully saturated rings. The summed E-state index contributed by atoms with van der Waals surface area (Å²) in [6.07, 6.45) is 1.59. The number of nitrogens with zero attached hydrogens (tertiary/aromatic N) is 1. The average Bonchev–Trinajstić information content (AvgIpc) is 2.50. The number of hydrogen-bond acceptors (Lipinski definition) is 4. The van der Waals surface area contributed by atoms with Crippen LogP contribution in [0.5, 0.6) is 11.5 Å². The molecule has 0 bridgehead atoms. The summed E-state index contributed by atoms with van der Waals surface area (Å²) in [6.45, 7) is 0. The van der Waals surface area contributed by atoms with E-state index < -0.39 is 5.82 Å². The summed E-state index contributed by atoms with van der Waals surface area (Å²) < 4.78 is 19.0. The first-order valence-electron chi connectivity index (χ1n) is 6.46. The highest BCUT2D eigenvalue weighted by Gasteiger charge is 2.10. The van der Waals surface area contributed by atoms with E-state index in [0.29, 0.717) is 27.4 Å². The van der Waals surface area contributed by atoms with Gasteiger partial charge in [0, 0.05) is 28.4 Å². The van der Waals surface area contributed by atoms with Crippen molar-refractivity contribution in [2.24, 2.45) is 0 Å². The highest BCUT2D eigenvalue weighted by atomic mass is 35.5. The minimum atomic E-state index is -0.463. The number of fused-ring (bicyclic) bond motifs is 1. The molecule has 0 amide bonds. The Labute approximate surface area is 131 Å². The molecular formula is C16H12ClFN2O2. The maximum atomic E-state index is 13.9. The molecule has 0 saturated heterocycles. The fourth-order valence-electron chi connectivity index (χ4n) is 2.17. The van der Waals surface area contributed by atoms with E-state index in [1.54, 1.807) is 30.5 Å². The molecule has 2 aromatic carbocycles. The van der Waals surface area contributed by atoms with Crippen molar-refractivity contribution in [3.8, 4) is 11.5 Å². The summed E-state index contributed by atoms with van der Waals surface area (Å²) in [5.41, 5.74) is 1.52. The molecule has 4 nitrogen and oxygen atoms in total. The molecule has 112 valence electrons. The smallest absolute Gasteiger partial charge is 0.162 e. The SMILES string of the molecule is COc1cc2nccc(Nc3ccc(Cl)cc3F)c2cc1O. The zero-order chi connectivity index (χ0) is 15.7. The van der Waals surface area contributed by atoms with Crippen molar-refractivity contribution in [3.63, 3.8) is 0 Å². The van der Waals surface area contributed by atoms with Crippen LogP contribution in [0, 0.1) is 5.82 Å². The molecule has 0 radical (unpaired) electrons. The van der Waals surface area contributed by atoms with Crippen LogP contribution in [0.4, 0.5) is 15.8 Å². The summed E-state index contributed by atoms with van der Waals surface area (Å²) in [6, 6.07) is 9.21. The van der Waals surface area contributed by atoms with Crippen LogP contribution in [0.3, 0.4) is 0 Å². The van der Waals surface area contributed by atoms with Crippen molar-refractivity contribution in [3.05, 3.63) is 53.4 Å². The highest BCUT2D eigenvalue weighted by Crippen LogP contribution is 2.35. The van der Waals surface area contributed by atoms with E-state index >= 15 is 0 Å². The number of ether oxygens (including phenoxy) is 1. The first-order valence-corrected chi connectivity index (χ1v) is 6.84. The number of nitrogens with one attached hydrogen (secondary N) is 1. The van der Waals surface area contributed by atoms with Crippen molar-refractivity contribution in [1.29, 1.82) is 0 Å². The Morgan fingerprint density at radius 1 is 1.18 bits per heavy atom. The predicted molar refractivity (Wildman–Crippen MR) is 84.7 cm³/mol. The van der Waals surface area contributed by atoms with Crippen LogP contribution in [-0.4, -0.2) is 17.2 Å². The maximum Gasteiger partial charge on any atom is 0.162 e. The van der Waals surface area contributed by atoms with Gasteiger partial charge < -0.3 is 15.2 Å². The van der Waals surface area contributed by atoms with Gasteiger partial charge in [-0.25, -0.2) is 4.39 Å². The Balaban J connectivity index is 2.09. The minimum Gasteiger partial charge on any atom is -0.504 e. The van der Waals surface area contributed by atoms with E-state index in [2.05, 4.69) is 10.3 Å². The van der Waals surface area contributed by atoms with E-state index in [9.17, 15) is 9.50 Å². The number of methoxy groups -OCH3 is 1. The number of phenolic OH excluding ortho intramolecular Hbond substituents is 1.